The molecule has 0 bridgehead atoms. The van der Waals surface area contributed by atoms with Gasteiger partial charge in [0.2, 0.25) is 0 Å². The molecule has 0 N–H and O–H groups in total. The van der Waals surface area contributed by atoms with Crippen molar-refractivity contribution in [3.05, 3.63) is 106 Å². The van der Waals surface area contributed by atoms with Gasteiger partial charge in [-0.25, -0.2) is 8.78 Å². The van der Waals surface area contributed by atoms with Crippen molar-refractivity contribution in [1.82, 2.24) is 0 Å². The van der Waals surface area contributed by atoms with Gasteiger partial charge in [-0.3, -0.25) is 0 Å². The van der Waals surface area contributed by atoms with Crippen molar-refractivity contribution in [2.24, 2.45) is 11.8 Å². The summed E-state index contributed by atoms with van der Waals surface area (Å²) in [6, 6.07) is 18.9. The molecule has 1 saturated carbocycles. The van der Waals surface area contributed by atoms with Gasteiger partial charge in [-0.1, -0.05) is 129 Å². The van der Waals surface area contributed by atoms with E-state index in [-0.39, 0.29) is 42.8 Å². The minimum atomic E-state index is -0.116. The lowest BCUT2D eigenvalue weighted by Gasteiger charge is -2.22. The highest BCUT2D eigenvalue weighted by molar-refractivity contribution is 5.22. The van der Waals surface area contributed by atoms with Crippen LogP contribution in [0.4, 0.5) is 8.78 Å². The lowest BCUT2D eigenvalue weighted by molar-refractivity contribution is 0.308. The summed E-state index contributed by atoms with van der Waals surface area (Å²) in [6.07, 6.45) is 5.89. The van der Waals surface area contributed by atoms with Gasteiger partial charge in [0.1, 0.15) is 11.6 Å². The van der Waals surface area contributed by atoms with Gasteiger partial charge in [-0.05, 0) is 87.8 Å². The number of hydrogen-bond donors (Lipinski definition) is 0. The fraction of sp³-hybridized carbons (Fsp3) is 0.500. The lowest BCUT2D eigenvalue weighted by atomic mass is 9.84. The third kappa shape index (κ3) is 18.7. The van der Waals surface area contributed by atoms with Gasteiger partial charge in [-0.2, -0.15) is 0 Å². The lowest BCUT2D eigenvalue weighted by Crippen LogP contribution is -2.08. The average molecular weight is 533 g/mol. The Balaban J connectivity index is -0.000000126. The van der Waals surface area contributed by atoms with Gasteiger partial charge in [0.25, 0.3) is 0 Å². The Morgan fingerprint density at radius 3 is 0.921 bits per heavy atom. The second kappa shape index (κ2) is 22.5. The third-order valence-electron chi connectivity index (χ3n) is 6.18. The molecule has 38 heavy (non-hydrogen) atoms. The van der Waals surface area contributed by atoms with Crippen LogP contribution < -0.4 is 0 Å². The summed E-state index contributed by atoms with van der Waals surface area (Å²) < 4.78 is 25.2. The van der Waals surface area contributed by atoms with Crippen molar-refractivity contribution in [3.8, 4) is 0 Å². The van der Waals surface area contributed by atoms with Crippen LogP contribution in [0.15, 0.2) is 60.7 Å². The molecule has 1 aliphatic carbocycles. The molecule has 1 aliphatic rings. The van der Waals surface area contributed by atoms with E-state index in [1.165, 1.54) is 48.9 Å². The number of halogens is 2. The fourth-order valence-electron chi connectivity index (χ4n) is 3.46. The van der Waals surface area contributed by atoms with E-state index in [4.69, 9.17) is 0 Å². The summed E-state index contributed by atoms with van der Waals surface area (Å²) in [5, 5.41) is 0. The first kappa shape index (κ1) is 42.6. The molecule has 0 aliphatic heterocycles. The van der Waals surface area contributed by atoms with Crippen LogP contribution in [0.25, 0.3) is 0 Å². The molecule has 4 rings (SSSR count). The molecule has 2 heteroatoms. The standard InChI is InChI=1S/2C8H9F.C8H16.C8H10.4CH4.H2/c2*1-6-3-4-7(2)8(9)5-6;2*1-7-3-5-8(2)6-4-7;;;;;/h2*3-5H,1-2H3;7-8H,3-6H2,1-2H3;3-6H,1-2H3;4*1H4;1H. The summed E-state index contributed by atoms with van der Waals surface area (Å²) in [5.41, 5.74) is 6.02. The predicted molar refractivity (Wildman–Crippen MR) is 173 cm³/mol. The van der Waals surface area contributed by atoms with Gasteiger partial charge in [0.05, 0.1) is 0 Å². The van der Waals surface area contributed by atoms with Crippen LogP contribution >= 0.6 is 0 Å². The number of aryl methyl sites for hydroxylation is 6. The molecule has 0 unspecified atom stereocenters. The Bertz CT molecular complexity index is 891. The molecule has 0 amide bonds. The molecule has 1 fully saturated rings. The van der Waals surface area contributed by atoms with Crippen LogP contribution in [-0.4, -0.2) is 0 Å². The maximum Gasteiger partial charge on any atom is 0.126 e. The van der Waals surface area contributed by atoms with Crippen LogP contribution in [0.1, 0.15) is 104 Å². The molecule has 0 aromatic heterocycles. The highest BCUT2D eigenvalue weighted by Gasteiger charge is 2.13. The molecule has 0 heterocycles. The maximum absolute atomic E-state index is 12.6. The van der Waals surface area contributed by atoms with Crippen molar-refractivity contribution in [3.63, 3.8) is 0 Å². The Labute approximate surface area is 238 Å². The van der Waals surface area contributed by atoms with Gasteiger partial charge in [0, 0.05) is 1.43 Å². The quantitative estimate of drug-likeness (QED) is 0.270. The Kier molecular flexibility index (Phi) is 25.2. The van der Waals surface area contributed by atoms with E-state index >= 15 is 0 Å². The largest absolute Gasteiger partial charge is 0.207 e. The summed E-state index contributed by atoms with van der Waals surface area (Å²) in [7, 11) is 0. The second-order valence-electron chi connectivity index (χ2n) is 10.0. The van der Waals surface area contributed by atoms with Crippen LogP contribution in [0.3, 0.4) is 0 Å². The Hall–Kier alpha value is -2.48. The zero-order valence-electron chi connectivity index (χ0n) is 22.5. The van der Waals surface area contributed by atoms with Crippen molar-refractivity contribution < 1.29 is 10.2 Å². The van der Waals surface area contributed by atoms with E-state index in [0.29, 0.717) is 11.1 Å². The Morgan fingerprint density at radius 1 is 0.474 bits per heavy atom. The van der Waals surface area contributed by atoms with E-state index in [1.54, 1.807) is 26.0 Å². The highest BCUT2D eigenvalue weighted by Crippen LogP contribution is 2.27. The molecule has 0 saturated heterocycles. The van der Waals surface area contributed by atoms with E-state index in [0.717, 1.165) is 23.0 Å². The van der Waals surface area contributed by atoms with Gasteiger partial charge in [-0.15, -0.1) is 0 Å². The van der Waals surface area contributed by atoms with Crippen LogP contribution in [0.5, 0.6) is 0 Å². The number of hydrogen-bond acceptors (Lipinski definition) is 0. The van der Waals surface area contributed by atoms with E-state index < -0.39 is 0 Å². The number of benzene rings is 3. The van der Waals surface area contributed by atoms with Crippen LogP contribution in [0.2, 0.25) is 0 Å². The SMILES string of the molecule is C.C.C.C.CC1CCC(C)CC1.Cc1ccc(C)c(F)c1.Cc1ccc(C)c(F)c1.Cc1ccc(C)cc1.[HH]. The third-order valence-corrected chi connectivity index (χ3v) is 6.18. The van der Waals surface area contributed by atoms with E-state index in [2.05, 4.69) is 52.0 Å². The number of rotatable bonds is 0. The maximum atomic E-state index is 12.6. The summed E-state index contributed by atoms with van der Waals surface area (Å²) >= 11 is 0. The molecular weight excluding hydrogens is 470 g/mol. The van der Waals surface area contributed by atoms with E-state index in [9.17, 15) is 8.78 Å². The van der Waals surface area contributed by atoms with Crippen molar-refractivity contribution >= 4 is 0 Å². The first-order valence-electron chi connectivity index (χ1n) is 12.5. The molecule has 0 spiro atoms. The average Bonchev–Trinajstić information content (AvgIpc) is 2.79. The summed E-state index contributed by atoms with van der Waals surface area (Å²) in [4.78, 5) is 0. The monoisotopic (exact) mass is 532 g/mol. The molecule has 3 aromatic rings. The predicted octanol–water partition coefficient (Wildman–Crippen LogP) is 12.8. The highest BCUT2D eigenvalue weighted by atomic mass is 19.1. The molecule has 0 atom stereocenters. The topological polar surface area (TPSA) is 0 Å². The van der Waals surface area contributed by atoms with Gasteiger partial charge in [0.15, 0.2) is 0 Å². The minimum Gasteiger partial charge on any atom is -0.207 e. The zero-order chi connectivity index (χ0) is 25.7. The van der Waals surface area contributed by atoms with Crippen molar-refractivity contribution in [2.75, 3.05) is 0 Å². The van der Waals surface area contributed by atoms with E-state index in [1.807, 2.05) is 26.0 Å². The van der Waals surface area contributed by atoms with Crippen LogP contribution in [-0.2, 0) is 0 Å². The second-order valence-corrected chi connectivity index (χ2v) is 10.0. The minimum absolute atomic E-state index is 0. The Morgan fingerprint density at radius 2 is 0.711 bits per heavy atom. The summed E-state index contributed by atoms with van der Waals surface area (Å²) in [6.45, 7) is 16.2. The first-order chi connectivity index (χ1) is 16.0. The molecule has 220 valence electrons. The van der Waals surface area contributed by atoms with Crippen LogP contribution in [0, 0.1) is 65.0 Å². The molecular formula is C36H62F2. The summed E-state index contributed by atoms with van der Waals surface area (Å²) in [5.74, 6) is 1.81. The molecule has 3 aromatic carbocycles. The van der Waals surface area contributed by atoms with Gasteiger partial charge >= 0.3 is 0 Å². The normalized spacial score (nSPS) is 14.9. The molecule has 0 radical (unpaired) electrons. The van der Waals surface area contributed by atoms with Crippen molar-refractivity contribution in [1.29, 1.82) is 0 Å². The fourth-order valence-corrected chi connectivity index (χ4v) is 3.46. The smallest absolute Gasteiger partial charge is 0.126 e. The zero-order valence-corrected chi connectivity index (χ0v) is 22.5. The van der Waals surface area contributed by atoms with Gasteiger partial charge < -0.3 is 0 Å². The molecule has 0 nitrogen and oxygen atoms in total. The first-order valence-corrected chi connectivity index (χ1v) is 12.5. The van der Waals surface area contributed by atoms with Crippen molar-refractivity contribution in [2.45, 2.75) is 111 Å².